The fourth-order valence-corrected chi connectivity index (χ4v) is 2.99. The predicted molar refractivity (Wildman–Crippen MR) is 87.2 cm³/mol. The first-order chi connectivity index (χ1) is 12.1. The molecular formula is C16H12ClFN6O. The fraction of sp³-hybridized carbons (Fsp3) is 0.188. The number of hydrogen-bond acceptors (Lipinski definition) is 5. The molecule has 2 aromatic heterocycles. The van der Waals surface area contributed by atoms with Crippen LogP contribution < -0.4 is 0 Å². The van der Waals surface area contributed by atoms with Crippen LogP contribution in [-0.2, 0) is 13.1 Å². The molecule has 0 aliphatic carbocycles. The van der Waals surface area contributed by atoms with Gasteiger partial charge < -0.3 is 9.47 Å². The van der Waals surface area contributed by atoms with E-state index in [1.54, 1.807) is 23.4 Å². The molecule has 1 aliphatic heterocycles. The minimum absolute atomic E-state index is 0.0930. The zero-order valence-electron chi connectivity index (χ0n) is 12.9. The first-order valence-corrected chi connectivity index (χ1v) is 7.95. The molecule has 0 bridgehead atoms. The highest BCUT2D eigenvalue weighted by atomic mass is 35.5. The summed E-state index contributed by atoms with van der Waals surface area (Å²) < 4.78 is 15.1. The van der Waals surface area contributed by atoms with Gasteiger partial charge in [0.1, 0.15) is 5.82 Å². The van der Waals surface area contributed by atoms with Gasteiger partial charge in [0, 0.05) is 25.5 Å². The van der Waals surface area contributed by atoms with Gasteiger partial charge in [0.05, 0.1) is 17.1 Å². The van der Waals surface area contributed by atoms with Crippen molar-refractivity contribution in [1.82, 2.24) is 29.6 Å². The van der Waals surface area contributed by atoms with Crippen LogP contribution in [0.2, 0.25) is 5.02 Å². The lowest BCUT2D eigenvalue weighted by Crippen LogP contribution is -2.38. The lowest BCUT2D eigenvalue weighted by Gasteiger charge is -2.28. The van der Waals surface area contributed by atoms with Gasteiger partial charge >= 0.3 is 0 Å². The molecule has 9 heteroatoms. The molecule has 0 unspecified atom stereocenters. The van der Waals surface area contributed by atoms with Crippen LogP contribution in [0.1, 0.15) is 16.2 Å². The number of aromatic nitrogens is 5. The molecule has 0 saturated heterocycles. The van der Waals surface area contributed by atoms with E-state index in [1.807, 2.05) is 4.57 Å². The molecule has 0 saturated carbocycles. The van der Waals surface area contributed by atoms with E-state index in [1.165, 1.54) is 12.1 Å². The van der Waals surface area contributed by atoms with E-state index in [9.17, 15) is 9.18 Å². The van der Waals surface area contributed by atoms with E-state index in [0.29, 0.717) is 30.6 Å². The third-order valence-corrected chi connectivity index (χ3v) is 4.28. The van der Waals surface area contributed by atoms with Crippen molar-refractivity contribution in [3.8, 4) is 11.6 Å². The van der Waals surface area contributed by atoms with Gasteiger partial charge in [-0.3, -0.25) is 4.79 Å². The summed E-state index contributed by atoms with van der Waals surface area (Å²) in [6, 6.07) is 5.47. The third-order valence-electron chi connectivity index (χ3n) is 3.97. The number of nitrogens with zero attached hydrogens (tertiary/aromatic N) is 6. The summed E-state index contributed by atoms with van der Waals surface area (Å²) in [5.41, 5.74) is 0.266. The van der Waals surface area contributed by atoms with Crippen molar-refractivity contribution < 1.29 is 9.18 Å². The molecule has 7 nitrogen and oxygen atoms in total. The Morgan fingerprint density at radius 3 is 2.72 bits per heavy atom. The molecule has 3 aromatic rings. The van der Waals surface area contributed by atoms with Crippen LogP contribution in [0.25, 0.3) is 11.6 Å². The molecular weight excluding hydrogens is 347 g/mol. The lowest BCUT2D eigenvalue weighted by molar-refractivity contribution is 0.0708. The highest BCUT2D eigenvalue weighted by molar-refractivity contribution is 6.33. The summed E-state index contributed by atoms with van der Waals surface area (Å²) in [5, 5.41) is 8.37. The normalized spacial score (nSPS) is 13.6. The number of rotatable bonds is 2. The van der Waals surface area contributed by atoms with Crippen molar-refractivity contribution in [2.75, 3.05) is 6.54 Å². The zero-order chi connectivity index (χ0) is 17.4. The van der Waals surface area contributed by atoms with E-state index in [2.05, 4.69) is 20.2 Å². The summed E-state index contributed by atoms with van der Waals surface area (Å²) in [6.07, 6.45) is 3.28. The highest BCUT2D eigenvalue weighted by Crippen LogP contribution is 2.23. The Bertz CT molecular complexity index is 945. The summed E-state index contributed by atoms with van der Waals surface area (Å²) in [6.45, 7) is 1.25. The van der Waals surface area contributed by atoms with E-state index < -0.39 is 5.82 Å². The van der Waals surface area contributed by atoms with Crippen LogP contribution in [0, 0.1) is 5.82 Å². The molecule has 1 amide bonds. The summed E-state index contributed by atoms with van der Waals surface area (Å²) in [5.74, 6) is 0.953. The summed E-state index contributed by atoms with van der Waals surface area (Å²) >= 11 is 5.99. The molecule has 0 radical (unpaired) electrons. The molecule has 3 heterocycles. The van der Waals surface area contributed by atoms with Gasteiger partial charge in [0.25, 0.3) is 5.91 Å². The van der Waals surface area contributed by atoms with E-state index in [4.69, 9.17) is 11.6 Å². The van der Waals surface area contributed by atoms with Crippen LogP contribution in [0.3, 0.4) is 0 Å². The van der Waals surface area contributed by atoms with Gasteiger partial charge in [-0.2, -0.15) is 0 Å². The molecule has 1 aliphatic rings. The van der Waals surface area contributed by atoms with Gasteiger partial charge in [-0.05, 0) is 24.3 Å². The van der Waals surface area contributed by atoms with E-state index in [-0.39, 0.29) is 23.0 Å². The molecule has 25 heavy (non-hydrogen) atoms. The van der Waals surface area contributed by atoms with Crippen molar-refractivity contribution in [3.63, 3.8) is 0 Å². The quantitative estimate of drug-likeness (QED) is 0.701. The maximum atomic E-state index is 13.2. The Kier molecular flexibility index (Phi) is 3.89. The first kappa shape index (κ1) is 15.6. The van der Waals surface area contributed by atoms with Gasteiger partial charge in [-0.25, -0.2) is 14.4 Å². The highest BCUT2D eigenvalue weighted by Gasteiger charge is 2.27. The largest absolute Gasteiger partial charge is 0.329 e. The van der Waals surface area contributed by atoms with Gasteiger partial charge in [0.2, 0.25) is 5.82 Å². The Hall–Kier alpha value is -2.87. The first-order valence-electron chi connectivity index (χ1n) is 7.57. The predicted octanol–water partition coefficient (Wildman–Crippen LogP) is 2.18. The maximum Gasteiger partial charge on any atom is 0.255 e. The molecule has 0 atom stereocenters. The monoisotopic (exact) mass is 358 g/mol. The van der Waals surface area contributed by atoms with Crippen molar-refractivity contribution in [2.45, 2.75) is 13.1 Å². The standard InChI is InChI=1S/C16H12ClFN6O/c17-12-8-10(18)2-3-11(12)16(25)23-6-7-24-13(9-23)21-22-15(24)14-19-4-1-5-20-14/h1-5,8H,6-7,9H2. The van der Waals surface area contributed by atoms with Crippen LogP contribution in [0.5, 0.6) is 0 Å². The number of amides is 1. The van der Waals surface area contributed by atoms with Gasteiger partial charge in [-0.15, -0.1) is 10.2 Å². The minimum Gasteiger partial charge on any atom is -0.329 e. The van der Waals surface area contributed by atoms with Crippen LogP contribution in [0.15, 0.2) is 36.7 Å². The fourth-order valence-electron chi connectivity index (χ4n) is 2.74. The van der Waals surface area contributed by atoms with E-state index >= 15 is 0 Å². The van der Waals surface area contributed by atoms with Crippen molar-refractivity contribution in [3.05, 3.63) is 58.9 Å². The van der Waals surface area contributed by atoms with Crippen LogP contribution in [0.4, 0.5) is 4.39 Å². The SMILES string of the molecule is O=C(c1ccc(F)cc1Cl)N1CCn2c(nnc2-c2ncccn2)C1. The Balaban J connectivity index is 1.60. The molecule has 1 aromatic carbocycles. The smallest absolute Gasteiger partial charge is 0.255 e. The van der Waals surface area contributed by atoms with Crippen LogP contribution >= 0.6 is 11.6 Å². The Labute approximate surface area is 147 Å². The van der Waals surface area contributed by atoms with Gasteiger partial charge in [-0.1, -0.05) is 11.6 Å². The second-order valence-corrected chi connectivity index (χ2v) is 5.92. The average molecular weight is 359 g/mol. The number of hydrogen-bond donors (Lipinski definition) is 0. The second kappa shape index (κ2) is 6.21. The van der Waals surface area contributed by atoms with Crippen molar-refractivity contribution >= 4 is 17.5 Å². The number of halogens is 2. The lowest BCUT2D eigenvalue weighted by atomic mass is 10.2. The van der Waals surface area contributed by atoms with Crippen molar-refractivity contribution in [1.29, 1.82) is 0 Å². The maximum absolute atomic E-state index is 13.2. The average Bonchev–Trinajstić information content (AvgIpc) is 3.05. The summed E-state index contributed by atoms with van der Waals surface area (Å²) in [4.78, 5) is 22.6. The number of carbonyl (C=O) groups is 1. The molecule has 0 N–H and O–H groups in total. The Morgan fingerprint density at radius 1 is 1.16 bits per heavy atom. The number of benzene rings is 1. The third kappa shape index (κ3) is 2.85. The molecule has 126 valence electrons. The Morgan fingerprint density at radius 2 is 1.96 bits per heavy atom. The van der Waals surface area contributed by atoms with Crippen molar-refractivity contribution in [2.24, 2.45) is 0 Å². The topological polar surface area (TPSA) is 76.8 Å². The molecule has 0 spiro atoms. The zero-order valence-corrected chi connectivity index (χ0v) is 13.7. The minimum atomic E-state index is -0.479. The second-order valence-electron chi connectivity index (χ2n) is 5.51. The van der Waals surface area contributed by atoms with Gasteiger partial charge in [0.15, 0.2) is 11.6 Å². The molecule has 0 fully saturated rings. The van der Waals surface area contributed by atoms with E-state index in [0.717, 1.165) is 6.07 Å². The number of carbonyl (C=O) groups excluding carboxylic acids is 1. The summed E-state index contributed by atoms with van der Waals surface area (Å²) in [7, 11) is 0. The molecule has 4 rings (SSSR count). The number of fused-ring (bicyclic) bond motifs is 1. The van der Waals surface area contributed by atoms with Crippen LogP contribution in [-0.4, -0.2) is 42.1 Å².